The Kier molecular flexibility index (Phi) is 8.51. The van der Waals surface area contributed by atoms with Crippen LogP contribution in [0.5, 0.6) is 5.75 Å². The van der Waals surface area contributed by atoms with Gasteiger partial charge < -0.3 is 30.7 Å². The van der Waals surface area contributed by atoms with E-state index < -0.39 is 16.1 Å². The fourth-order valence-electron chi connectivity index (χ4n) is 4.23. The van der Waals surface area contributed by atoms with Crippen LogP contribution in [0.2, 0.25) is 5.02 Å². The van der Waals surface area contributed by atoms with Crippen molar-refractivity contribution >= 4 is 62.2 Å². The van der Waals surface area contributed by atoms with Gasteiger partial charge in [-0.2, -0.15) is 4.98 Å². The van der Waals surface area contributed by atoms with Crippen LogP contribution in [0.3, 0.4) is 0 Å². The Labute approximate surface area is 232 Å². The van der Waals surface area contributed by atoms with Crippen LogP contribution in [-0.4, -0.2) is 69.1 Å². The quantitative estimate of drug-likeness (QED) is 0.291. The van der Waals surface area contributed by atoms with Gasteiger partial charge in [-0.15, -0.1) is 0 Å². The van der Waals surface area contributed by atoms with E-state index in [4.69, 9.17) is 21.4 Å². The first-order valence-electron chi connectivity index (χ1n) is 12.1. The van der Waals surface area contributed by atoms with E-state index >= 15 is 0 Å². The number of piperidine rings is 1. The fraction of sp³-hybridized carbons (Fsp3) is 0.320. The average Bonchev–Trinajstić information content (AvgIpc) is 2.90. The molecule has 1 saturated heterocycles. The number of nitrogens with one attached hydrogen (secondary N) is 3. The van der Waals surface area contributed by atoms with Crippen LogP contribution in [0.25, 0.3) is 0 Å². The molecule has 1 aromatic heterocycles. The molecule has 208 valence electrons. The number of hydrogen-bond acceptors (Lipinski definition) is 9. The first-order chi connectivity index (χ1) is 18.5. The molecular formula is C25H30ClN7O5S. The molecule has 3 aromatic rings. The van der Waals surface area contributed by atoms with Crippen molar-refractivity contribution in [3.05, 3.63) is 53.7 Å². The minimum absolute atomic E-state index is 0.0508. The fourth-order valence-corrected chi connectivity index (χ4v) is 4.89. The molecule has 0 radical (unpaired) electrons. The summed E-state index contributed by atoms with van der Waals surface area (Å²) in [6.07, 6.45) is 3.00. The topological polar surface area (TPSA) is 149 Å². The lowest BCUT2D eigenvalue weighted by Gasteiger charge is -2.33. The lowest BCUT2D eigenvalue weighted by Crippen LogP contribution is -2.44. The molecule has 0 spiro atoms. The first kappa shape index (κ1) is 28.0. The second-order valence-electron chi connectivity index (χ2n) is 8.98. The van der Waals surface area contributed by atoms with Gasteiger partial charge in [-0.25, -0.2) is 18.2 Å². The maximum Gasteiger partial charge on any atom is 0.404 e. The number of hydrogen-bond donors (Lipinski definition) is 4. The van der Waals surface area contributed by atoms with Crippen molar-refractivity contribution in [3.63, 3.8) is 0 Å². The molecule has 4 rings (SSSR count). The summed E-state index contributed by atoms with van der Waals surface area (Å²) in [6.45, 7) is 1.43. The Hall–Kier alpha value is -3.97. The number of halogens is 1. The van der Waals surface area contributed by atoms with Gasteiger partial charge in [0.15, 0.2) is 5.82 Å². The van der Waals surface area contributed by atoms with Crippen molar-refractivity contribution in [1.82, 2.24) is 15.3 Å². The number of amides is 1. The lowest BCUT2D eigenvalue weighted by atomic mass is 10.0. The maximum absolute atomic E-state index is 12.1. The maximum atomic E-state index is 12.1. The molecule has 1 amide bonds. The van der Waals surface area contributed by atoms with Crippen LogP contribution < -0.4 is 29.9 Å². The third kappa shape index (κ3) is 6.92. The number of benzene rings is 2. The molecule has 0 saturated carbocycles. The normalized spacial score (nSPS) is 14.0. The molecule has 0 atom stereocenters. The summed E-state index contributed by atoms with van der Waals surface area (Å²) in [5.74, 6) is 1.12. The van der Waals surface area contributed by atoms with E-state index in [1.165, 1.54) is 17.5 Å². The SMILES string of the molecule is COc1cc(N2CCC(NC(=O)O)CC2)ccc1Nc1ncc(Cl)c(Nc2ccccc2N(C)S(C)(=O)=O)n1. The van der Waals surface area contributed by atoms with E-state index in [0.29, 0.717) is 48.7 Å². The van der Waals surface area contributed by atoms with Gasteiger partial charge in [0.2, 0.25) is 16.0 Å². The third-order valence-electron chi connectivity index (χ3n) is 6.36. The van der Waals surface area contributed by atoms with Gasteiger partial charge in [-0.1, -0.05) is 23.7 Å². The number of para-hydroxylation sites is 2. The standard InChI is InChI=1S/C25H30ClN7O5S/c1-32(39(3,36)37)21-7-5-4-6-19(21)29-23-18(26)15-27-24(31-23)30-20-9-8-17(14-22(20)38-2)33-12-10-16(11-13-33)28-25(34)35/h4-9,14-16,28H,10-13H2,1-3H3,(H,34,35)(H2,27,29,30,31). The zero-order valence-electron chi connectivity index (χ0n) is 21.7. The molecule has 1 aliphatic rings. The lowest BCUT2D eigenvalue weighted by molar-refractivity contribution is 0.187. The summed E-state index contributed by atoms with van der Waals surface area (Å²) in [7, 11) is -0.450. The Balaban J connectivity index is 1.52. The van der Waals surface area contributed by atoms with E-state index in [2.05, 4.69) is 30.8 Å². The zero-order valence-corrected chi connectivity index (χ0v) is 23.3. The molecule has 0 unspecified atom stereocenters. The van der Waals surface area contributed by atoms with Gasteiger partial charge in [-0.3, -0.25) is 4.31 Å². The van der Waals surface area contributed by atoms with E-state index in [1.807, 2.05) is 18.2 Å². The Morgan fingerprint density at radius 3 is 2.54 bits per heavy atom. The molecular weight excluding hydrogens is 546 g/mol. The van der Waals surface area contributed by atoms with Crippen molar-refractivity contribution in [3.8, 4) is 5.75 Å². The highest BCUT2D eigenvalue weighted by molar-refractivity contribution is 7.92. The number of methoxy groups -OCH3 is 1. The van der Waals surface area contributed by atoms with Crippen molar-refractivity contribution in [2.24, 2.45) is 0 Å². The predicted octanol–water partition coefficient (Wildman–Crippen LogP) is 4.26. The monoisotopic (exact) mass is 575 g/mol. The van der Waals surface area contributed by atoms with Gasteiger partial charge in [-0.05, 0) is 37.1 Å². The van der Waals surface area contributed by atoms with Gasteiger partial charge in [0.05, 0.1) is 36.6 Å². The van der Waals surface area contributed by atoms with Crippen LogP contribution in [0.15, 0.2) is 48.7 Å². The summed E-state index contributed by atoms with van der Waals surface area (Å²) in [5.41, 5.74) is 2.52. The van der Waals surface area contributed by atoms with Crippen molar-refractivity contribution in [2.45, 2.75) is 18.9 Å². The molecule has 12 nitrogen and oxygen atoms in total. The highest BCUT2D eigenvalue weighted by Crippen LogP contribution is 2.34. The summed E-state index contributed by atoms with van der Waals surface area (Å²) >= 11 is 6.36. The van der Waals surface area contributed by atoms with E-state index in [-0.39, 0.29) is 22.8 Å². The summed E-state index contributed by atoms with van der Waals surface area (Å²) in [5, 5.41) is 18.0. The van der Waals surface area contributed by atoms with Gasteiger partial charge in [0.1, 0.15) is 10.8 Å². The minimum Gasteiger partial charge on any atom is -0.494 e. The molecule has 1 aliphatic heterocycles. The highest BCUT2D eigenvalue weighted by atomic mass is 35.5. The number of ether oxygens (including phenoxy) is 1. The van der Waals surface area contributed by atoms with Crippen molar-refractivity contribution < 1.29 is 23.1 Å². The summed E-state index contributed by atoms with van der Waals surface area (Å²) in [4.78, 5) is 21.8. The molecule has 2 aromatic carbocycles. The highest BCUT2D eigenvalue weighted by Gasteiger charge is 2.22. The number of carboxylic acid groups (broad SMARTS) is 1. The predicted molar refractivity (Wildman–Crippen MR) is 153 cm³/mol. The molecule has 2 heterocycles. The summed E-state index contributed by atoms with van der Waals surface area (Å²) in [6, 6.07) is 12.6. The van der Waals surface area contributed by atoms with E-state index in [1.54, 1.807) is 31.4 Å². The van der Waals surface area contributed by atoms with Crippen LogP contribution in [0, 0.1) is 0 Å². The molecule has 0 aliphatic carbocycles. The van der Waals surface area contributed by atoms with Crippen molar-refractivity contribution in [2.75, 3.05) is 53.3 Å². The minimum atomic E-state index is -3.49. The number of rotatable bonds is 9. The molecule has 39 heavy (non-hydrogen) atoms. The molecule has 0 bridgehead atoms. The molecule has 1 fully saturated rings. The van der Waals surface area contributed by atoms with Crippen LogP contribution in [0.4, 0.5) is 39.3 Å². The van der Waals surface area contributed by atoms with E-state index in [9.17, 15) is 13.2 Å². The summed E-state index contributed by atoms with van der Waals surface area (Å²) < 4.78 is 31.0. The Morgan fingerprint density at radius 2 is 1.87 bits per heavy atom. The Bertz CT molecular complexity index is 1450. The number of aromatic nitrogens is 2. The number of anilines is 6. The Morgan fingerprint density at radius 1 is 1.15 bits per heavy atom. The average molecular weight is 576 g/mol. The second-order valence-corrected chi connectivity index (χ2v) is 11.4. The molecule has 14 heteroatoms. The van der Waals surface area contributed by atoms with Gasteiger partial charge in [0, 0.05) is 37.9 Å². The zero-order chi connectivity index (χ0) is 28.2. The smallest absolute Gasteiger partial charge is 0.404 e. The van der Waals surface area contributed by atoms with Crippen molar-refractivity contribution in [1.29, 1.82) is 0 Å². The van der Waals surface area contributed by atoms with Crippen LogP contribution >= 0.6 is 11.6 Å². The van der Waals surface area contributed by atoms with E-state index in [0.717, 1.165) is 11.9 Å². The number of carbonyl (C=O) groups is 1. The van der Waals surface area contributed by atoms with Crippen LogP contribution in [-0.2, 0) is 10.0 Å². The van der Waals surface area contributed by atoms with Gasteiger partial charge in [0.25, 0.3) is 0 Å². The van der Waals surface area contributed by atoms with Crippen LogP contribution in [0.1, 0.15) is 12.8 Å². The number of nitrogens with zero attached hydrogens (tertiary/aromatic N) is 4. The second kappa shape index (κ2) is 11.8. The molecule has 4 N–H and O–H groups in total. The largest absolute Gasteiger partial charge is 0.494 e. The van der Waals surface area contributed by atoms with Gasteiger partial charge >= 0.3 is 6.09 Å². The number of sulfonamides is 1. The third-order valence-corrected chi connectivity index (χ3v) is 7.83. The first-order valence-corrected chi connectivity index (χ1v) is 14.3.